The molecule has 4 N–H and O–H groups in total. The maximum Gasteiger partial charge on any atom is 0.252 e. The molecule has 0 aliphatic heterocycles. The number of pyridine rings is 3. The van der Waals surface area contributed by atoms with Gasteiger partial charge in [-0.1, -0.05) is 115 Å². The van der Waals surface area contributed by atoms with E-state index < -0.39 is 5.91 Å². The number of nitrogens with zero attached hydrogens (tertiary/aromatic N) is 4. The summed E-state index contributed by atoms with van der Waals surface area (Å²) in [5.41, 5.74) is 13.9. The Labute approximate surface area is 338 Å². The van der Waals surface area contributed by atoms with Crippen molar-refractivity contribution in [2.75, 3.05) is 24.3 Å². The summed E-state index contributed by atoms with van der Waals surface area (Å²) < 4.78 is 0. The number of rotatable bonds is 8. The number of fused-ring (bicyclic) bond motifs is 3. The Kier molecular flexibility index (Phi) is 11.0. The molecule has 9 rings (SSSR count). The molecule has 58 heavy (non-hydrogen) atoms. The summed E-state index contributed by atoms with van der Waals surface area (Å²) in [4.78, 5) is 41.5. The molecule has 9 heteroatoms. The molecule has 1 aliphatic rings. The average Bonchev–Trinajstić information content (AvgIpc) is 3.26. The Bertz CT molecular complexity index is 2730. The minimum absolute atomic E-state index is 0.0333. The van der Waals surface area contributed by atoms with E-state index in [0.29, 0.717) is 17.2 Å². The normalized spacial score (nSPS) is 15.0. The summed E-state index contributed by atoms with van der Waals surface area (Å²) >= 11 is 0. The Morgan fingerprint density at radius 3 is 1.53 bits per heavy atom. The highest BCUT2D eigenvalue weighted by Gasteiger charge is 2.25. The van der Waals surface area contributed by atoms with E-state index in [-0.39, 0.29) is 11.9 Å². The number of amides is 2. The number of para-hydroxylation sites is 3. The van der Waals surface area contributed by atoms with Crippen molar-refractivity contribution < 1.29 is 9.59 Å². The van der Waals surface area contributed by atoms with Gasteiger partial charge in [0.05, 0.1) is 39.1 Å². The maximum absolute atomic E-state index is 13.5. The van der Waals surface area contributed by atoms with Crippen molar-refractivity contribution in [3.63, 3.8) is 0 Å². The molecule has 0 saturated heterocycles. The SMILES string of the molecule is CN(C)c1cc(NC2CCC(NC(=O)c3cc(-c4ccccc4)nc4ccccc34)CC2)nc2ccccc12.NC(=O)c1cc(-c2ccccc2)nc2ccccc12. The van der Waals surface area contributed by atoms with Crippen LogP contribution in [0.5, 0.6) is 0 Å². The lowest BCUT2D eigenvalue weighted by atomic mass is 9.90. The summed E-state index contributed by atoms with van der Waals surface area (Å²) in [6, 6.07) is 49.7. The van der Waals surface area contributed by atoms with Crippen LogP contribution < -0.4 is 21.3 Å². The van der Waals surface area contributed by atoms with Crippen molar-refractivity contribution in [2.45, 2.75) is 37.8 Å². The summed E-state index contributed by atoms with van der Waals surface area (Å²) in [6.07, 6.45) is 3.80. The summed E-state index contributed by atoms with van der Waals surface area (Å²) in [7, 11) is 4.13. The molecule has 0 bridgehead atoms. The Morgan fingerprint density at radius 2 is 1.00 bits per heavy atom. The Hall–Kier alpha value is -7.13. The largest absolute Gasteiger partial charge is 0.377 e. The van der Waals surface area contributed by atoms with Gasteiger partial charge in [-0.15, -0.1) is 0 Å². The third-order valence-corrected chi connectivity index (χ3v) is 10.7. The number of carbonyl (C=O) groups is 2. The monoisotopic (exact) mass is 763 g/mol. The number of carbonyl (C=O) groups excluding carboxylic acids is 2. The van der Waals surface area contributed by atoms with Crippen molar-refractivity contribution in [3.8, 4) is 22.5 Å². The molecule has 9 nitrogen and oxygen atoms in total. The molecule has 0 atom stereocenters. The van der Waals surface area contributed by atoms with Crippen LogP contribution in [0.25, 0.3) is 55.2 Å². The van der Waals surface area contributed by atoms with E-state index >= 15 is 0 Å². The second-order valence-corrected chi connectivity index (χ2v) is 14.8. The zero-order valence-corrected chi connectivity index (χ0v) is 32.6. The standard InChI is InChI=1S/C33H33N5O.C16H12N2O/c1-38(2)31-21-32(37-29-15-9-7-13-26(29)31)34-23-16-18-24(19-17-23)35-33(39)27-20-30(22-10-4-3-5-11-22)36-28-14-8-6-12-25(27)28;17-16(19)13-10-15(11-6-2-1-3-7-11)18-14-9-5-4-8-12(13)14/h3-15,20-21,23-24H,16-19H2,1-2H3,(H,34,37)(H,35,39);1-10H,(H2,17,19). The van der Waals surface area contributed by atoms with Crippen LogP contribution in [-0.4, -0.2) is 52.9 Å². The van der Waals surface area contributed by atoms with E-state index in [1.165, 1.54) is 0 Å². The van der Waals surface area contributed by atoms with Gasteiger partial charge < -0.3 is 21.3 Å². The van der Waals surface area contributed by atoms with Crippen molar-refractivity contribution in [1.29, 1.82) is 0 Å². The maximum atomic E-state index is 13.5. The van der Waals surface area contributed by atoms with Crippen LogP contribution in [0.4, 0.5) is 11.5 Å². The van der Waals surface area contributed by atoms with Gasteiger partial charge in [0.15, 0.2) is 0 Å². The molecule has 8 aromatic rings. The zero-order chi connectivity index (χ0) is 40.0. The molecule has 1 fully saturated rings. The van der Waals surface area contributed by atoms with E-state index in [2.05, 4.69) is 58.9 Å². The number of hydrogen-bond donors (Lipinski definition) is 3. The summed E-state index contributed by atoms with van der Waals surface area (Å²) in [5.74, 6) is 0.436. The predicted molar refractivity (Wildman–Crippen MR) is 236 cm³/mol. The number of benzene rings is 5. The van der Waals surface area contributed by atoms with Crippen molar-refractivity contribution in [3.05, 3.63) is 163 Å². The molecular formula is C49H45N7O2. The lowest BCUT2D eigenvalue weighted by Gasteiger charge is -2.30. The highest BCUT2D eigenvalue weighted by molar-refractivity contribution is 6.08. The Morgan fingerprint density at radius 1 is 0.552 bits per heavy atom. The zero-order valence-electron chi connectivity index (χ0n) is 32.6. The molecule has 0 radical (unpaired) electrons. The van der Waals surface area contributed by atoms with Crippen LogP contribution in [0.15, 0.2) is 152 Å². The minimum Gasteiger partial charge on any atom is -0.377 e. The molecule has 0 spiro atoms. The molecule has 288 valence electrons. The van der Waals surface area contributed by atoms with Gasteiger partial charge >= 0.3 is 0 Å². The first-order chi connectivity index (χ1) is 28.3. The van der Waals surface area contributed by atoms with E-state index in [1.54, 1.807) is 6.07 Å². The average molecular weight is 764 g/mol. The van der Waals surface area contributed by atoms with Gasteiger partial charge in [0.25, 0.3) is 5.91 Å². The number of primary amides is 1. The van der Waals surface area contributed by atoms with Gasteiger partial charge in [0.1, 0.15) is 5.82 Å². The lowest BCUT2D eigenvalue weighted by Crippen LogP contribution is -2.40. The van der Waals surface area contributed by atoms with Crippen molar-refractivity contribution in [1.82, 2.24) is 20.3 Å². The van der Waals surface area contributed by atoms with Crippen LogP contribution >= 0.6 is 0 Å². The van der Waals surface area contributed by atoms with Gasteiger partial charge in [-0.25, -0.2) is 15.0 Å². The van der Waals surface area contributed by atoms with Gasteiger partial charge in [-0.05, 0) is 56.0 Å². The van der Waals surface area contributed by atoms with E-state index in [9.17, 15) is 9.59 Å². The lowest BCUT2D eigenvalue weighted by molar-refractivity contribution is 0.0927. The van der Waals surface area contributed by atoms with Crippen LogP contribution in [0.2, 0.25) is 0 Å². The van der Waals surface area contributed by atoms with Gasteiger partial charge in [-0.3, -0.25) is 9.59 Å². The van der Waals surface area contributed by atoms with E-state index in [4.69, 9.17) is 15.7 Å². The van der Waals surface area contributed by atoms with Gasteiger partial charge in [0, 0.05) is 65.2 Å². The summed E-state index contributed by atoms with van der Waals surface area (Å²) in [6.45, 7) is 0. The fraction of sp³-hybridized carbons (Fsp3) is 0.163. The quantitative estimate of drug-likeness (QED) is 0.141. The topological polar surface area (TPSA) is 126 Å². The third-order valence-electron chi connectivity index (χ3n) is 10.7. The van der Waals surface area contributed by atoms with Crippen LogP contribution in [-0.2, 0) is 0 Å². The van der Waals surface area contributed by atoms with Crippen LogP contribution in [0.3, 0.4) is 0 Å². The molecule has 1 aliphatic carbocycles. The smallest absolute Gasteiger partial charge is 0.252 e. The van der Waals surface area contributed by atoms with E-state index in [0.717, 1.165) is 92.4 Å². The highest BCUT2D eigenvalue weighted by Crippen LogP contribution is 2.31. The second-order valence-electron chi connectivity index (χ2n) is 14.8. The fourth-order valence-corrected chi connectivity index (χ4v) is 7.71. The highest BCUT2D eigenvalue weighted by atomic mass is 16.2. The number of nitrogens with two attached hydrogens (primary N) is 1. The van der Waals surface area contributed by atoms with Gasteiger partial charge in [-0.2, -0.15) is 0 Å². The first-order valence-corrected chi connectivity index (χ1v) is 19.7. The summed E-state index contributed by atoms with van der Waals surface area (Å²) in [5, 5.41) is 9.80. The first-order valence-electron chi connectivity index (χ1n) is 19.7. The number of nitrogens with one attached hydrogen (secondary N) is 2. The minimum atomic E-state index is -0.434. The second kappa shape index (κ2) is 16.9. The molecular weight excluding hydrogens is 719 g/mol. The van der Waals surface area contributed by atoms with E-state index in [1.807, 2.05) is 121 Å². The fourth-order valence-electron chi connectivity index (χ4n) is 7.71. The molecule has 3 aromatic heterocycles. The molecule has 0 unspecified atom stereocenters. The first kappa shape index (κ1) is 37.8. The van der Waals surface area contributed by atoms with Crippen LogP contribution in [0.1, 0.15) is 46.4 Å². The molecule has 5 aromatic carbocycles. The molecule has 3 heterocycles. The number of aromatic nitrogens is 3. The predicted octanol–water partition coefficient (Wildman–Crippen LogP) is 9.67. The van der Waals surface area contributed by atoms with Gasteiger partial charge in [0.2, 0.25) is 5.91 Å². The Balaban J connectivity index is 0.000000206. The number of anilines is 2. The third kappa shape index (κ3) is 8.34. The molecule has 2 amide bonds. The van der Waals surface area contributed by atoms with Crippen molar-refractivity contribution >= 4 is 56.0 Å². The molecule has 1 saturated carbocycles. The van der Waals surface area contributed by atoms with Crippen molar-refractivity contribution in [2.24, 2.45) is 5.73 Å². The number of hydrogen-bond acceptors (Lipinski definition) is 7. The van der Waals surface area contributed by atoms with Crippen LogP contribution in [0, 0.1) is 0 Å².